The van der Waals surface area contributed by atoms with Crippen LogP contribution >= 0.6 is 0 Å². The first-order valence-electron chi connectivity index (χ1n) is 3.01. The van der Waals surface area contributed by atoms with Crippen LogP contribution < -0.4 is 0 Å². The molecule has 0 aliphatic carbocycles. The Morgan fingerprint density at radius 1 is 1.78 bits per heavy atom. The first kappa shape index (κ1) is 6.71. The van der Waals surface area contributed by atoms with Gasteiger partial charge in [0.05, 0.1) is 6.61 Å². The quantitative estimate of drug-likeness (QED) is 0.513. The molecule has 1 rings (SSSR count). The van der Waals surface area contributed by atoms with Crippen LogP contribution in [0.2, 0.25) is 0 Å². The van der Waals surface area contributed by atoms with E-state index in [4.69, 9.17) is 9.47 Å². The second kappa shape index (κ2) is 2.94. The van der Waals surface area contributed by atoms with Crippen LogP contribution in [0, 0.1) is 0 Å². The monoisotopic (exact) mass is 130 g/mol. The summed E-state index contributed by atoms with van der Waals surface area (Å²) in [7, 11) is 1.48. The third-order valence-corrected chi connectivity index (χ3v) is 1.31. The lowest BCUT2D eigenvalue weighted by Crippen LogP contribution is -2.30. The van der Waals surface area contributed by atoms with E-state index in [1.54, 1.807) is 0 Å². The highest BCUT2D eigenvalue weighted by molar-refractivity contribution is 5.82. The van der Waals surface area contributed by atoms with E-state index in [1.165, 1.54) is 7.11 Å². The number of rotatable bonds is 1. The summed E-state index contributed by atoms with van der Waals surface area (Å²) >= 11 is 0. The topological polar surface area (TPSA) is 35.5 Å². The van der Waals surface area contributed by atoms with Gasteiger partial charge in [0, 0.05) is 13.5 Å². The SMILES string of the molecule is COC1OCCCC1=O. The van der Waals surface area contributed by atoms with Crippen molar-refractivity contribution >= 4 is 5.78 Å². The van der Waals surface area contributed by atoms with Gasteiger partial charge in [0.15, 0.2) is 5.78 Å². The van der Waals surface area contributed by atoms with Gasteiger partial charge in [-0.25, -0.2) is 0 Å². The lowest BCUT2D eigenvalue weighted by atomic mass is 10.2. The summed E-state index contributed by atoms with van der Waals surface area (Å²) in [6, 6.07) is 0. The Labute approximate surface area is 53.9 Å². The molecule has 0 aromatic rings. The number of methoxy groups -OCH3 is 1. The zero-order valence-electron chi connectivity index (χ0n) is 5.42. The molecule has 1 aliphatic rings. The maximum Gasteiger partial charge on any atom is 0.217 e. The number of Topliss-reactive ketones (excluding diaryl/α,β-unsaturated/α-hetero) is 1. The number of hydrogen-bond donors (Lipinski definition) is 0. The molecular formula is C6H10O3. The van der Waals surface area contributed by atoms with E-state index in [-0.39, 0.29) is 5.78 Å². The summed E-state index contributed by atoms with van der Waals surface area (Å²) in [5.41, 5.74) is 0. The van der Waals surface area contributed by atoms with Crippen molar-refractivity contribution in [3.8, 4) is 0 Å². The number of carbonyl (C=O) groups is 1. The molecular weight excluding hydrogens is 120 g/mol. The Morgan fingerprint density at radius 3 is 3.00 bits per heavy atom. The maximum absolute atomic E-state index is 10.8. The molecule has 52 valence electrons. The fourth-order valence-corrected chi connectivity index (χ4v) is 0.847. The van der Waals surface area contributed by atoms with Crippen LogP contribution in [-0.4, -0.2) is 25.8 Å². The fraction of sp³-hybridized carbons (Fsp3) is 0.833. The van der Waals surface area contributed by atoms with Crippen molar-refractivity contribution in [2.24, 2.45) is 0 Å². The van der Waals surface area contributed by atoms with Crippen molar-refractivity contribution in [2.45, 2.75) is 19.1 Å². The molecule has 0 N–H and O–H groups in total. The molecule has 1 saturated heterocycles. The van der Waals surface area contributed by atoms with Gasteiger partial charge >= 0.3 is 0 Å². The molecule has 1 unspecified atom stereocenters. The maximum atomic E-state index is 10.8. The summed E-state index contributed by atoms with van der Waals surface area (Å²) in [4.78, 5) is 10.8. The number of hydrogen-bond acceptors (Lipinski definition) is 3. The Bertz CT molecular complexity index is 111. The molecule has 1 fully saturated rings. The Morgan fingerprint density at radius 2 is 2.56 bits per heavy atom. The van der Waals surface area contributed by atoms with Crippen LogP contribution in [0.4, 0.5) is 0 Å². The van der Waals surface area contributed by atoms with Crippen LogP contribution in [0.1, 0.15) is 12.8 Å². The van der Waals surface area contributed by atoms with Crippen molar-refractivity contribution < 1.29 is 14.3 Å². The van der Waals surface area contributed by atoms with Gasteiger partial charge in [-0.1, -0.05) is 0 Å². The number of carbonyl (C=O) groups excluding carboxylic acids is 1. The standard InChI is InChI=1S/C6H10O3/c1-8-6-5(7)3-2-4-9-6/h6H,2-4H2,1H3. The smallest absolute Gasteiger partial charge is 0.217 e. The van der Waals surface area contributed by atoms with Crippen molar-refractivity contribution in [2.75, 3.05) is 13.7 Å². The van der Waals surface area contributed by atoms with E-state index in [0.29, 0.717) is 13.0 Å². The Kier molecular flexibility index (Phi) is 2.19. The lowest BCUT2D eigenvalue weighted by molar-refractivity contribution is -0.171. The van der Waals surface area contributed by atoms with E-state index in [2.05, 4.69) is 0 Å². The molecule has 0 spiro atoms. The minimum absolute atomic E-state index is 0.0590. The van der Waals surface area contributed by atoms with Crippen LogP contribution in [0.25, 0.3) is 0 Å². The third-order valence-electron chi connectivity index (χ3n) is 1.31. The van der Waals surface area contributed by atoms with Crippen LogP contribution in [-0.2, 0) is 14.3 Å². The van der Waals surface area contributed by atoms with E-state index in [1.807, 2.05) is 0 Å². The summed E-state index contributed by atoms with van der Waals surface area (Å²) in [6.45, 7) is 0.643. The highest BCUT2D eigenvalue weighted by atomic mass is 16.7. The van der Waals surface area contributed by atoms with Crippen LogP contribution in [0.5, 0.6) is 0 Å². The third kappa shape index (κ3) is 1.50. The van der Waals surface area contributed by atoms with Crippen molar-refractivity contribution in [3.63, 3.8) is 0 Å². The molecule has 0 amide bonds. The summed E-state index contributed by atoms with van der Waals surface area (Å²) in [5, 5.41) is 0. The minimum Gasteiger partial charge on any atom is -0.349 e. The average Bonchev–Trinajstić information content (AvgIpc) is 1.89. The Hall–Kier alpha value is -0.410. The average molecular weight is 130 g/mol. The molecule has 1 heterocycles. The van der Waals surface area contributed by atoms with Crippen LogP contribution in [0.3, 0.4) is 0 Å². The molecule has 0 radical (unpaired) electrons. The largest absolute Gasteiger partial charge is 0.349 e. The van der Waals surface area contributed by atoms with E-state index < -0.39 is 6.29 Å². The normalized spacial score (nSPS) is 28.6. The highest BCUT2D eigenvalue weighted by Crippen LogP contribution is 2.08. The van der Waals surface area contributed by atoms with Crippen molar-refractivity contribution in [1.29, 1.82) is 0 Å². The second-order valence-electron chi connectivity index (χ2n) is 2.01. The van der Waals surface area contributed by atoms with Crippen LogP contribution in [0.15, 0.2) is 0 Å². The molecule has 1 atom stereocenters. The molecule has 0 saturated carbocycles. The summed E-state index contributed by atoms with van der Waals surface area (Å²) < 4.78 is 9.70. The molecule has 9 heavy (non-hydrogen) atoms. The summed E-state index contributed by atoms with van der Waals surface area (Å²) in [5.74, 6) is 0.0590. The van der Waals surface area contributed by atoms with Gasteiger partial charge in [-0.05, 0) is 6.42 Å². The number of ketones is 1. The van der Waals surface area contributed by atoms with Gasteiger partial charge in [0.1, 0.15) is 0 Å². The summed E-state index contributed by atoms with van der Waals surface area (Å²) in [6.07, 6.45) is 0.843. The van der Waals surface area contributed by atoms with Gasteiger partial charge in [-0.3, -0.25) is 4.79 Å². The zero-order valence-corrected chi connectivity index (χ0v) is 5.42. The van der Waals surface area contributed by atoms with E-state index in [9.17, 15) is 4.79 Å². The number of ether oxygens (including phenoxy) is 2. The predicted octanol–water partition coefficient (Wildman–Crippen LogP) is 0.338. The van der Waals surface area contributed by atoms with Crippen molar-refractivity contribution in [1.82, 2.24) is 0 Å². The first-order chi connectivity index (χ1) is 4.34. The van der Waals surface area contributed by atoms with Gasteiger partial charge in [-0.2, -0.15) is 0 Å². The molecule has 3 heteroatoms. The molecule has 0 aromatic heterocycles. The van der Waals surface area contributed by atoms with Gasteiger partial charge in [0.25, 0.3) is 0 Å². The molecule has 0 aromatic carbocycles. The Balaban J connectivity index is 2.39. The predicted molar refractivity (Wildman–Crippen MR) is 31.0 cm³/mol. The zero-order chi connectivity index (χ0) is 6.69. The highest BCUT2D eigenvalue weighted by Gasteiger charge is 2.21. The van der Waals surface area contributed by atoms with E-state index >= 15 is 0 Å². The van der Waals surface area contributed by atoms with E-state index in [0.717, 1.165) is 6.42 Å². The molecule has 1 aliphatic heterocycles. The van der Waals surface area contributed by atoms with Gasteiger partial charge < -0.3 is 9.47 Å². The van der Waals surface area contributed by atoms with Gasteiger partial charge in [0.2, 0.25) is 6.29 Å². The molecule has 0 bridgehead atoms. The molecule has 3 nitrogen and oxygen atoms in total. The second-order valence-corrected chi connectivity index (χ2v) is 2.01. The lowest BCUT2D eigenvalue weighted by Gasteiger charge is -2.18. The minimum atomic E-state index is -0.584. The van der Waals surface area contributed by atoms with Gasteiger partial charge in [-0.15, -0.1) is 0 Å². The van der Waals surface area contributed by atoms with Crippen molar-refractivity contribution in [3.05, 3.63) is 0 Å². The first-order valence-corrected chi connectivity index (χ1v) is 3.01. The fourth-order valence-electron chi connectivity index (χ4n) is 0.847.